The summed E-state index contributed by atoms with van der Waals surface area (Å²) in [5, 5.41) is 3.27. The third-order valence-corrected chi connectivity index (χ3v) is 7.10. The summed E-state index contributed by atoms with van der Waals surface area (Å²) in [6.07, 6.45) is 0. The molecule has 0 bridgehead atoms. The van der Waals surface area contributed by atoms with Crippen molar-refractivity contribution in [3.8, 4) is 0 Å². The van der Waals surface area contributed by atoms with Crippen LogP contribution in [0.2, 0.25) is 0 Å². The average Bonchev–Trinajstić information content (AvgIpc) is 2.80. The summed E-state index contributed by atoms with van der Waals surface area (Å²) in [5.41, 5.74) is 2.10. The van der Waals surface area contributed by atoms with Crippen molar-refractivity contribution in [2.75, 3.05) is 31.5 Å². The van der Waals surface area contributed by atoms with E-state index in [2.05, 4.69) is 5.32 Å². The number of nitrogens with zero attached hydrogens (tertiary/aromatic N) is 2. The molecule has 3 aromatic carbocycles. The Hall–Kier alpha value is -3.23. The summed E-state index contributed by atoms with van der Waals surface area (Å²) in [6, 6.07) is 21.6. The van der Waals surface area contributed by atoms with Crippen molar-refractivity contribution >= 4 is 27.3 Å². The highest BCUT2D eigenvalue weighted by Gasteiger charge is 2.31. The van der Waals surface area contributed by atoms with E-state index in [9.17, 15) is 17.6 Å². The van der Waals surface area contributed by atoms with Gasteiger partial charge in [-0.3, -0.25) is 4.79 Å². The van der Waals surface area contributed by atoms with Gasteiger partial charge < -0.3 is 10.2 Å². The van der Waals surface area contributed by atoms with Gasteiger partial charge in [-0.1, -0.05) is 30.3 Å². The Kier molecular flexibility index (Phi) is 6.01. The number of sulfonamides is 1. The first-order valence-electron chi connectivity index (χ1n) is 9.91. The molecule has 3 aromatic rings. The zero-order chi connectivity index (χ0) is 21.8. The molecule has 0 aliphatic carbocycles. The molecular weight excluding hydrogens is 417 g/mol. The fraction of sp³-hybridized carbons (Fsp3) is 0.174. The van der Waals surface area contributed by atoms with E-state index in [4.69, 9.17) is 0 Å². The van der Waals surface area contributed by atoms with Gasteiger partial charge in [-0.15, -0.1) is 0 Å². The Balaban J connectivity index is 1.46. The summed E-state index contributed by atoms with van der Waals surface area (Å²) in [4.78, 5) is 14.9. The molecule has 0 atom stereocenters. The summed E-state index contributed by atoms with van der Waals surface area (Å²) < 4.78 is 40.0. The molecule has 4 rings (SSSR count). The minimum atomic E-state index is -3.73. The van der Waals surface area contributed by atoms with E-state index >= 15 is 0 Å². The fourth-order valence-corrected chi connectivity index (χ4v) is 4.94. The number of para-hydroxylation sites is 2. The molecule has 8 heteroatoms. The molecule has 31 heavy (non-hydrogen) atoms. The molecule has 1 aliphatic heterocycles. The van der Waals surface area contributed by atoms with Crippen molar-refractivity contribution in [2.45, 2.75) is 4.90 Å². The largest absolute Gasteiger partial charge is 0.355 e. The van der Waals surface area contributed by atoms with E-state index in [0.717, 1.165) is 17.8 Å². The predicted molar refractivity (Wildman–Crippen MR) is 117 cm³/mol. The molecule has 1 N–H and O–H groups in total. The van der Waals surface area contributed by atoms with Crippen molar-refractivity contribution in [3.05, 3.63) is 90.2 Å². The topological polar surface area (TPSA) is 69.7 Å². The Morgan fingerprint density at radius 1 is 0.806 bits per heavy atom. The number of rotatable bonds is 5. The molecule has 1 saturated heterocycles. The number of amides is 1. The second-order valence-electron chi connectivity index (χ2n) is 7.19. The number of benzene rings is 3. The minimum absolute atomic E-state index is 0.0473. The average molecular weight is 440 g/mol. The Bertz CT molecular complexity index is 1160. The molecule has 1 heterocycles. The maximum Gasteiger partial charge on any atom is 0.256 e. The minimum Gasteiger partial charge on any atom is -0.355 e. The lowest BCUT2D eigenvalue weighted by Crippen LogP contribution is -2.50. The van der Waals surface area contributed by atoms with Crippen LogP contribution in [-0.2, 0) is 10.0 Å². The molecule has 1 amide bonds. The van der Waals surface area contributed by atoms with Gasteiger partial charge >= 0.3 is 0 Å². The molecule has 0 spiro atoms. The lowest BCUT2D eigenvalue weighted by Gasteiger charge is -2.34. The van der Waals surface area contributed by atoms with Crippen LogP contribution in [0.4, 0.5) is 15.8 Å². The third kappa shape index (κ3) is 4.60. The second kappa shape index (κ2) is 8.87. The number of halogens is 1. The van der Waals surface area contributed by atoms with Gasteiger partial charge in [0.1, 0.15) is 5.82 Å². The molecule has 0 unspecified atom stereocenters. The summed E-state index contributed by atoms with van der Waals surface area (Å²) in [5.74, 6) is -0.644. The normalized spacial score (nSPS) is 14.9. The Labute approximate surface area is 181 Å². The number of anilines is 2. The first-order valence-corrected chi connectivity index (χ1v) is 11.4. The third-order valence-electron chi connectivity index (χ3n) is 5.19. The smallest absolute Gasteiger partial charge is 0.256 e. The number of carbonyl (C=O) groups excluding carboxylic acids is 1. The zero-order valence-electron chi connectivity index (χ0n) is 16.7. The standard InChI is InChI=1S/C23H22FN3O3S/c24-18-10-12-20(13-11-18)31(29,30)27-16-14-26(15-17-27)23(28)21-8-4-5-9-22(21)25-19-6-2-1-3-7-19/h1-13,25H,14-17H2. The van der Waals surface area contributed by atoms with Crippen LogP contribution in [0.25, 0.3) is 0 Å². The maximum absolute atomic E-state index is 13.2. The predicted octanol–water partition coefficient (Wildman–Crippen LogP) is 3.72. The van der Waals surface area contributed by atoms with E-state index < -0.39 is 15.8 Å². The van der Waals surface area contributed by atoms with Crippen LogP contribution >= 0.6 is 0 Å². The monoisotopic (exact) mass is 439 g/mol. The fourth-order valence-electron chi connectivity index (χ4n) is 3.51. The van der Waals surface area contributed by atoms with Crippen molar-refractivity contribution in [3.63, 3.8) is 0 Å². The molecule has 160 valence electrons. The van der Waals surface area contributed by atoms with Crippen molar-refractivity contribution in [1.82, 2.24) is 9.21 Å². The van der Waals surface area contributed by atoms with Crippen molar-refractivity contribution < 1.29 is 17.6 Å². The van der Waals surface area contributed by atoms with Gasteiger partial charge in [0.25, 0.3) is 5.91 Å². The molecule has 1 aliphatic rings. The van der Waals surface area contributed by atoms with Crippen LogP contribution in [0, 0.1) is 5.82 Å². The van der Waals surface area contributed by atoms with Crippen LogP contribution in [0.15, 0.2) is 83.8 Å². The molecule has 0 aromatic heterocycles. The molecule has 1 fully saturated rings. The summed E-state index contributed by atoms with van der Waals surface area (Å²) in [6.45, 7) is 0.914. The van der Waals surface area contributed by atoms with Crippen LogP contribution in [-0.4, -0.2) is 49.7 Å². The van der Waals surface area contributed by atoms with E-state index in [1.807, 2.05) is 42.5 Å². The number of piperazine rings is 1. The van der Waals surface area contributed by atoms with Crippen LogP contribution < -0.4 is 5.32 Å². The molecule has 6 nitrogen and oxygen atoms in total. The number of nitrogens with one attached hydrogen (secondary N) is 1. The first-order chi connectivity index (χ1) is 14.9. The van der Waals surface area contributed by atoms with Gasteiger partial charge in [-0.25, -0.2) is 12.8 Å². The summed E-state index contributed by atoms with van der Waals surface area (Å²) >= 11 is 0. The van der Waals surface area contributed by atoms with Crippen LogP contribution in [0.5, 0.6) is 0 Å². The second-order valence-corrected chi connectivity index (χ2v) is 9.12. The van der Waals surface area contributed by atoms with Crippen LogP contribution in [0.1, 0.15) is 10.4 Å². The number of hydrogen-bond acceptors (Lipinski definition) is 4. The van der Waals surface area contributed by atoms with Crippen molar-refractivity contribution in [2.24, 2.45) is 0 Å². The highest BCUT2D eigenvalue weighted by molar-refractivity contribution is 7.89. The molecular formula is C23H22FN3O3S. The first kappa shape index (κ1) is 21.0. The highest BCUT2D eigenvalue weighted by atomic mass is 32.2. The lowest BCUT2D eigenvalue weighted by atomic mass is 10.1. The summed E-state index contributed by atoms with van der Waals surface area (Å²) in [7, 11) is -3.73. The van der Waals surface area contributed by atoms with Crippen LogP contribution in [0.3, 0.4) is 0 Å². The quantitative estimate of drug-likeness (QED) is 0.658. The SMILES string of the molecule is O=C(c1ccccc1Nc1ccccc1)N1CCN(S(=O)(=O)c2ccc(F)cc2)CC1. The van der Waals surface area contributed by atoms with Gasteiger partial charge in [-0.05, 0) is 48.5 Å². The van der Waals surface area contributed by atoms with E-state index in [1.165, 1.54) is 16.4 Å². The number of hydrogen-bond donors (Lipinski definition) is 1. The molecule has 0 radical (unpaired) electrons. The Morgan fingerprint density at radius 3 is 2.10 bits per heavy atom. The number of carbonyl (C=O) groups is 1. The van der Waals surface area contributed by atoms with Gasteiger partial charge in [0.15, 0.2) is 0 Å². The molecule has 0 saturated carbocycles. The van der Waals surface area contributed by atoms with Gasteiger partial charge in [0, 0.05) is 31.9 Å². The Morgan fingerprint density at radius 2 is 1.42 bits per heavy atom. The van der Waals surface area contributed by atoms with Crippen molar-refractivity contribution in [1.29, 1.82) is 0 Å². The van der Waals surface area contributed by atoms with Gasteiger partial charge in [0.2, 0.25) is 10.0 Å². The van der Waals surface area contributed by atoms with E-state index in [-0.39, 0.29) is 37.0 Å². The van der Waals surface area contributed by atoms with Gasteiger partial charge in [0.05, 0.1) is 16.1 Å². The van der Waals surface area contributed by atoms with Gasteiger partial charge in [-0.2, -0.15) is 4.31 Å². The van der Waals surface area contributed by atoms with E-state index in [0.29, 0.717) is 11.3 Å². The zero-order valence-corrected chi connectivity index (χ0v) is 17.6. The van der Waals surface area contributed by atoms with E-state index in [1.54, 1.807) is 17.0 Å². The highest BCUT2D eigenvalue weighted by Crippen LogP contribution is 2.24. The lowest BCUT2D eigenvalue weighted by molar-refractivity contribution is 0.0699. The maximum atomic E-state index is 13.2.